The first-order valence-electron chi connectivity index (χ1n) is 13.9. The minimum absolute atomic E-state index is 0.0443. The fourth-order valence-electron chi connectivity index (χ4n) is 5.76. The lowest BCUT2D eigenvalue weighted by Gasteiger charge is -2.40. The third-order valence-corrected chi connectivity index (χ3v) is 8.04. The maximum atomic E-state index is 13.4. The first kappa shape index (κ1) is 30.8. The second kappa shape index (κ2) is 13.7. The van der Waals surface area contributed by atoms with Crippen LogP contribution in [0.3, 0.4) is 0 Å². The fraction of sp³-hybridized carbons (Fsp3) is 0.586. The van der Waals surface area contributed by atoms with E-state index in [0.29, 0.717) is 29.5 Å². The van der Waals surface area contributed by atoms with Crippen LogP contribution in [0.1, 0.15) is 49.4 Å². The van der Waals surface area contributed by atoms with Gasteiger partial charge in [0.2, 0.25) is 0 Å². The molecule has 226 valence electrons. The van der Waals surface area contributed by atoms with Crippen molar-refractivity contribution < 1.29 is 49.1 Å². The number of hydrogen-bond donors (Lipinski definition) is 5. The molecule has 4 rings (SSSR count). The van der Waals surface area contributed by atoms with Crippen molar-refractivity contribution in [2.45, 2.75) is 75.8 Å². The summed E-state index contributed by atoms with van der Waals surface area (Å²) in [5.74, 6) is -0.225. The highest BCUT2D eigenvalue weighted by Crippen LogP contribution is 2.39. The first-order chi connectivity index (χ1) is 19.7. The molecule has 2 aromatic rings. The average Bonchev–Trinajstić information content (AvgIpc) is 3.53. The average molecular weight is 577 g/mol. The molecule has 1 aliphatic carbocycles. The van der Waals surface area contributed by atoms with Crippen LogP contribution in [-0.2, 0) is 14.3 Å². The van der Waals surface area contributed by atoms with E-state index in [1.54, 1.807) is 18.2 Å². The van der Waals surface area contributed by atoms with Gasteiger partial charge in [0.1, 0.15) is 36.2 Å². The van der Waals surface area contributed by atoms with Crippen LogP contribution in [-0.4, -0.2) is 94.6 Å². The van der Waals surface area contributed by atoms with Crippen molar-refractivity contribution in [3.63, 3.8) is 0 Å². The Bertz CT molecular complexity index is 1230. The largest absolute Gasteiger partial charge is 0.497 e. The lowest BCUT2D eigenvalue weighted by molar-refractivity contribution is -0.252. The zero-order chi connectivity index (χ0) is 29.7. The van der Waals surface area contributed by atoms with Crippen molar-refractivity contribution in [1.82, 2.24) is 10.0 Å². The summed E-state index contributed by atoms with van der Waals surface area (Å²) in [6.07, 6.45) is 2.95. The van der Waals surface area contributed by atoms with Crippen LogP contribution < -0.4 is 14.9 Å². The number of amides is 1. The van der Waals surface area contributed by atoms with E-state index < -0.39 is 43.2 Å². The third kappa shape index (κ3) is 6.68. The molecule has 1 aliphatic heterocycles. The van der Waals surface area contributed by atoms with E-state index in [0.717, 1.165) is 19.3 Å². The van der Waals surface area contributed by atoms with E-state index in [9.17, 15) is 30.0 Å². The first-order valence-corrected chi connectivity index (χ1v) is 13.9. The Kier molecular flexibility index (Phi) is 10.3. The number of methoxy groups -OCH3 is 2. The highest BCUT2D eigenvalue weighted by Gasteiger charge is 2.45. The molecule has 2 heterocycles. The number of allylic oxidation sites excluding steroid dienone is 2. The van der Waals surface area contributed by atoms with Crippen LogP contribution in [0.4, 0.5) is 0 Å². The number of carbonyl (C=O) groups is 2. The summed E-state index contributed by atoms with van der Waals surface area (Å²) in [6, 6.07) is 3.80. The van der Waals surface area contributed by atoms with Crippen LogP contribution in [0.2, 0.25) is 0 Å². The monoisotopic (exact) mass is 576 g/mol. The summed E-state index contributed by atoms with van der Waals surface area (Å²) in [5.41, 5.74) is 0.766. The third-order valence-electron chi connectivity index (χ3n) is 8.04. The number of aromatic nitrogens is 1. The SMILES string of the molecule is CC/C=C\CC1C(On2cc(C(=O)NC3C(O)OC(CO)C(O)C3O)c3ccc(OC)cc32)CC[C@@H]1CC(=O)OC. The summed E-state index contributed by atoms with van der Waals surface area (Å²) in [7, 11) is 2.91. The van der Waals surface area contributed by atoms with E-state index in [1.807, 2.05) is 0 Å². The molecular formula is C29H40N2O10. The Labute approximate surface area is 238 Å². The maximum absolute atomic E-state index is 13.4. The van der Waals surface area contributed by atoms with Crippen LogP contribution >= 0.6 is 0 Å². The number of hydrogen-bond acceptors (Lipinski definition) is 10. The van der Waals surface area contributed by atoms with Gasteiger partial charge in [0.05, 0.1) is 38.1 Å². The molecule has 2 aliphatic rings. The quantitative estimate of drug-likeness (QED) is 0.192. The molecule has 0 bridgehead atoms. The highest BCUT2D eigenvalue weighted by atomic mass is 16.7. The van der Waals surface area contributed by atoms with Crippen LogP contribution in [0.5, 0.6) is 5.75 Å². The van der Waals surface area contributed by atoms with E-state index in [-0.39, 0.29) is 29.5 Å². The summed E-state index contributed by atoms with van der Waals surface area (Å²) in [6.45, 7) is 1.44. The Morgan fingerprint density at radius 3 is 2.61 bits per heavy atom. The summed E-state index contributed by atoms with van der Waals surface area (Å²) < 4.78 is 17.0. The summed E-state index contributed by atoms with van der Waals surface area (Å²) in [5, 5.41) is 43.5. The van der Waals surface area contributed by atoms with Gasteiger partial charge in [-0.05, 0) is 43.7 Å². The van der Waals surface area contributed by atoms with Gasteiger partial charge in [-0.2, -0.15) is 4.73 Å². The molecule has 41 heavy (non-hydrogen) atoms. The summed E-state index contributed by atoms with van der Waals surface area (Å²) in [4.78, 5) is 32.0. The molecule has 12 nitrogen and oxygen atoms in total. The lowest BCUT2D eigenvalue weighted by atomic mass is 9.89. The van der Waals surface area contributed by atoms with E-state index in [2.05, 4.69) is 24.4 Å². The van der Waals surface area contributed by atoms with Gasteiger partial charge in [-0.3, -0.25) is 9.59 Å². The van der Waals surface area contributed by atoms with Crippen molar-refractivity contribution >= 4 is 22.8 Å². The Hall–Kier alpha value is -3.16. The smallest absolute Gasteiger partial charge is 0.305 e. The number of ether oxygens (including phenoxy) is 3. The molecule has 2 fully saturated rings. The normalized spacial score (nSPS) is 30.0. The molecule has 1 amide bonds. The molecule has 12 heteroatoms. The minimum atomic E-state index is -1.65. The number of carbonyl (C=O) groups excluding carboxylic acids is 2. The second-order valence-corrected chi connectivity index (χ2v) is 10.5. The minimum Gasteiger partial charge on any atom is -0.497 e. The van der Waals surface area contributed by atoms with Crippen LogP contribution in [0.15, 0.2) is 36.5 Å². The van der Waals surface area contributed by atoms with Crippen molar-refractivity contribution in [1.29, 1.82) is 0 Å². The Morgan fingerprint density at radius 2 is 1.93 bits per heavy atom. The van der Waals surface area contributed by atoms with Crippen molar-refractivity contribution in [2.24, 2.45) is 11.8 Å². The van der Waals surface area contributed by atoms with Crippen molar-refractivity contribution in [3.8, 4) is 5.75 Å². The lowest BCUT2D eigenvalue weighted by Crippen LogP contribution is -2.64. The van der Waals surface area contributed by atoms with Gasteiger partial charge in [-0.1, -0.05) is 19.1 Å². The Morgan fingerprint density at radius 1 is 1.15 bits per heavy atom. The van der Waals surface area contributed by atoms with E-state index in [1.165, 1.54) is 25.1 Å². The number of nitrogens with one attached hydrogen (secondary N) is 1. The molecule has 5 N–H and O–H groups in total. The predicted octanol–water partition coefficient (Wildman–Crippen LogP) is 0.922. The number of nitrogens with zero attached hydrogens (tertiary/aromatic N) is 1. The molecule has 0 spiro atoms. The molecular weight excluding hydrogens is 536 g/mol. The fourth-order valence-corrected chi connectivity index (χ4v) is 5.76. The molecule has 7 unspecified atom stereocenters. The Balaban J connectivity index is 1.62. The van der Waals surface area contributed by atoms with E-state index in [4.69, 9.17) is 19.0 Å². The van der Waals surface area contributed by atoms with Crippen molar-refractivity contribution in [2.75, 3.05) is 20.8 Å². The molecule has 1 aromatic heterocycles. The number of fused-ring (bicyclic) bond motifs is 1. The van der Waals surface area contributed by atoms with Crippen LogP contribution in [0.25, 0.3) is 10.9 Å². The molecule has 1 saturated carbocycles. The van der Waals surface area contributed by atoms with Gasteiger partial charge in [0.15, 0.2) is 6.29 Å². The van der Waals surface area contributed by atoms with Gasteiger partial charge in [0, 0.05) is 23.8 Å². The molecule has 1 aromatic carbocycles. The number of aliphatic hydroxyl groups excluding tert-OH is 4. The number of esters is 1. The van der Waals surface area contributed by atoms with Gasteiger partial charge >= 0.3 is 5.97 Å². The predicted molar refractivity (Wildman–Crippen MR) is 147 cm³/mol. The van der Waals surface area contributed by atoms with Gasteiger partial charge in [0.25, 0.3) is 5.91 Å². The number of benzene rings is 1. The second-order valence-electron chi connectivity index (χ2n) is 10.5. The topological polar surface area (TPSA) is 169 Å². The molecule has 0 radical (unpaired) electrons. The molecule has 8 atom stereocenters. The van der Waals surface area contributed by atoms with Crippen molar-refractivity contribution in [3.05, 3.63) is 42.1 Å². The zero-order valence-electron chi connectivity index (χ0n) is 23.5. The van der Waals surface area contributed by atoms with Gasteiger partial charge < -0.3 is 44.8 Å². The standard InChI is InChI=1S/C29H40N2O10/c1-4-5-6-7-18-16(12-24(33)39-3)8-11-22(18)41-31-14-20(19-10-9-17(38-2)13-21(19)31)28(36)30-25-27(35)26(34)23(15-32)40-29(25)37/h5-6,9-10,13-14,16,18,22-23,25-27,29,32,34-35,37H,4,7-8,11-12,15H2,1-3H3,(H,30,36)/b6-5-/t16-,18?,22?,23?,25?,26?,27?,29?/m1/s1. The number of aliphatic hydroxyl groups is 4. The maximum Gasteiger partial charge on any atom is 0.305 e. The highest BCUT2D eigenvalue weighted by molar-refractivity contribution is 6.07. The van der Waals surface area contributed by atoms with Gasteiger partial charge in [-0.25, -0.2) is 0 Å². The molecule has 1 saturated heterocycles. The summed E-state index contributed by atoms with van der Waals surface area (Å²) >= 11 is 0. The number of rotatable bonds is 11. The zero-order valence-corrected chi connectivity index (χ0v) is 23.5. The van der Waals surface area contributed by atoms with Gasteiger partial charge in [-0.15, -0.1) is 0 Å². The van der Waals surface area contributed by atoms with E-state index >= 15 is 0 Å². The van der Waals surface area contributed by atoms with Crippen LogP contribution in [0, 0.1) is 11.8 Å².